The Kier molecular flexibility index (Phi) is 5.46. The summed E-state index contributed by atoms with van der Waals surface area (Å²) in [6.45, 7) is 0. The highest BCUT2D eigenvalue weighted by Gasteiger charge is 2.76. The largest absolute Gasteiger partial charge is 0.508 e. The third-order valence-electron chi connectivity index (χ3n) is 8.57. The van der Waals surface area contributed by atoms with Crippen LogP contribution in [0.5, 0.6) is 11.5 Å². The molecule has 2 aromatic carbocycles. The number of ether oxygens (including phenoxy) is 1. The molecule has 1 N–H and O–H groups in total. The first-order valence-corrected chi connectivity index (χ1v) is 13.0. The van der Waals surface area contributed by atoms with E-state index < -0.39 is 45.2 Å². The molecule has 0 spiro atoms. The van der Waals surface area contributed by atoms with Crippen molar-refractivity contribution in [3.05, 3.63) is 65.7 Å². The highest BCUT2D eigenvalue weighted by molar-refractivity contribution is 6.53. The summed E-state index contributed by atoms with van der Waals surface area (Å²) in [5.74, 6) is -4.99. The van der Waals surface area contributed by atoms with E-state index in [1.54, 1.807) is 42.5 Å². The quantitative estimate of drug-likeness (QED) is 0.353. The summed E-state index contributed by atoms with van der Waals surface area (Å²) in [4.78, 5) is 52.7. The normalized spacial score (nSPS) is 34.2. The number of para-hydroxylation sites is 1. The molecular weight excluding hydrogens is 531 g/mol. The molecule has 8 nitrogen and oxygen atoms in total. The van der Waals surface area contributed by atoms with Crippen molar-refractivity contribution in [1.82, 2.24) is 4.90 Å². The molecule has 6 atom stereocenters. The standard InChI is InChI=1S/C28H24Cl2N2O6/c1-31-25(36)27(29)13-19-16(22(28(27,30)26(31)37)18-12-15(38-2)8-11-20(18)33)9-10-17-21(19)24(35)32(23(17)34)14-6-4-3-5-7-14/h3-9,11-12,17,19,21-22,33H,10,13H2,1-2H3/t17-,19+,21-,22+,27+,28-/m0/s1. The fourth-order valence-electron chi connectivity index (χ4n) is 6.81. The number of hydrogen-bond acceptors (Lipinski definition) is 6. The van der Waals surface area contributed by atoms with Crippen LogP contribution in [0.2, 0.25) is 0 Å². The van der Waals surface area contributed by atoms with Crippen LogP contribution in [0.4, 0.5) is 5.69 Å². The first kappa shape index (κ1) is 24.9. The van der Waals surface area contributed by atoms with Gasteiger partial charge in [-0.25, -0.2) is 0 Å². The SMILES string of the molecule is COc1ccc(O)c([C@H]2C3=CC[C@@H]4C(=O)N(c5ccccc5)C(=O)[C@@H]4[C@@H]3C[C@@]3(Cl)C(=O)N(C)C(=O)[C@@]23Cl)c1. The van der Waals surface area contributed by atoms with Crippen LogP contribution in [0.1, 0.15) is 24.3 Å². The number of hydrogen-bond donors (Lipinski definition) is 1. The molecule has 2 aliphatic carbocycles. The van der Waals surface area contributed by atoms with E-state index in [2.05, 4.69) is 0 Å². The van der Waals surface area contributed by atoms with E-state index in [0.29, 0.717) is 17.0 Å². The number of benzene rings is 2. The van der Waals surface area contributed by atoms with Crippen LogP contribution in [0, 0.1) is 17.8 Å². The molecule has 38 heavy (non-hydrogen) atoms. The lowest BCUT2D eigenvalue weighted by atomic mass is 9.56. The van der Waals surface area contributed by atoms with Crippen LogP contribution >= 0.6 is 23.2 Å². The van der Waals surface area contributed by atoms with E-state index in [0.717, 1.165) is 4.90 Å². The average molecular weight is 555 g/mol. The number of methoxy groups -OCH3 is 1. The van der Waals surface area contributed by atoms with Gasteiger partial charge >= 0.3 is 0 Å². The number of amides is 4. The molecular formula is C28H24Cl2N2O6. The number of nitrogens with zero attached hydrogens (tertiary/aromatic N) is 2. The second-order valence-corrected chi connectivity index (χ2v) is 11.5. The van der Waals surface area contributed by atoms with E-state index in [4.69, 9.17) is 27.9 Å². The van der Waals surface area contributed by atoms with Crippen molar-refractivity contribution in [1.29, 1.82) is 0 Å². The van der Waals surface area contributed by atoms with Crippen molar-refractivity contribution in [2.45, 2.75) is 28.5 Å². The van der Waals surface area contributed by atoms with Gasteiger partial charge in [-0.15, -0.1) is 23.2 Å². The van der Waals surface area contributed by atoms with E-state index in [9.17, 15) is 24.3 Å². The second kappa shape index (κ2) is 8.32. The number of aromatic hydroxyl groups is 1. The highest BCUT2D eigenvalue weighted by Crippen LogP contribution is 2.66. The number of halogens is 2. The summed E-state index contributed by atoms with van der Waals surface area (Å²) >= 11 is 14.3. The number of carbonyl (C=O) groups is 4. The van der Waals surface area contributed by atoms with E-state index in [-0.39, 0.29) is 36.0 Å². The molecule has 196 valence electrons. The van der Waals surface area contributed by atoms with Crippen molar-refractivity contribution in [2.75, 3.05) is 19.1 Å². The van der Waals surface area contributed by atoms with Gasteiger partial charge in [-0.3, -0.25) is 29.0 Å². The van der Waals surface area contributed by atoms with Crippen LogP contribution in [0.25, 0.3) is 0 Å². The van der Waals surface area contributed by atoms with Crippen molar-refractivity contribution in [3.8, 4) is 11.5 Å². The maximum atomic E-state index is 13.9. The number of rotatable bonds is 3. The van der Waals surface area contributed by atoms with E-state index in [1.165, 1.54) is 25.1 Å². The fraction of sp³-hybridized carbons (Fsp3) is 0.357. The third kappa shape index (κ3) is 2.98. The average Bonchev–Trinajstić information content (AvgIpc) is 3.24. The third-order valence-corrected chi connectivity index (χ3v) is 9.99. The van der Waals surface area contributed by atoms with Gasteiger partial charge in [-0.05, 0) is 49.1 Å². The van der Waals surface area contributed by atoms with Crippen LogP contribution in [0.3, 0.4) is 0 Å². The molecule has 6 rings (SSSR count). The summed E-state index contributed by atoms with van der Waals surface area (Å²) in [5.41, 5.74) is 1.33. The summed E-state index contributed by atoms with van der Waals surface area (Å²) in [6.07, 6.45) is 1.96. The van der Waals surface area contributed by atoms with Gasteiger partial charge in [0.25, 0.3) is 11.8 Å². The smallest absolute Gasteiger partial charge is 0.253 e. The zero-order chi connectivity index (χ0) is 27.1. The Labute approximate surface area is 228 Å². The minimum atomic E-state index is -1.97. The van der Waals surface area contributed by atoms with E-state index >= 15 is 0 Å². The molecule has 0 unspecified atom stereocenters. The van der Waals surface area contributed by atoms with Gasteiger partial charge in [-0.1, -0.05) is 29.8 Å². The van der Waals surface area contributed by atoms with Crippen LogP contribution in [0.15, 0.2) is 60.2 Å². The van der Waals surface area contributed by atoms with Crippen LogP contribution < -0.4 is 9.64 Å². The molecule has 2 aromatic rings. The minimum Gasteiger partial charge on any atom is -0.508 e. The van der Waals surface area contributed by atoms with Gasteiger partial charge in [-0.2, -0.15) is 0 Å². The minimum absolute atomic E-state index is 0.108. The number of likely N-dealkylation sites (tertiary alicyclic amines) is 1. The lowest BCUT2D eigenvalue weighted by Crippen LogP contribution is -2.60. The number of alkyl halides is 2. The highest BCUT2D eigenvalue weighted by atomic mass is 35.5. The topological polar surface area (TPSA) is 104 Å². The predicted molar refractivity (Wildman–Crippen MR) is 139 cm³/mol. The fourth-order valence-corrected chi connectivity index (χ4v) is 7.82. The van der Waals surface area contributed by atoms with Gasteiger partial charge in [0, 0.05) is 18.5 Å². The molecule has 4 amide bonds. The number of anilines is 1. The lowest BCUT2D eigenvalue weighted by molar-refractivity contribution is -0.138. The number of fused-ring (bicyclic) bond motifs is 4. The number of phenols is 1. The van der Waals surface area contributed by atoms with Gasteiger partial charge in [0.1, 0.15) is 11.5 Å². The van der Waals surface area contributed by atoms with Crippen molar-refractivity contribution in [2.24, 2.45) is 17.8 Å². The summed E-state index contributed by atoms with van der Waals surface area (Å²) in [5, 5.41) is 11.0. The van der Waals surface area contributed by atoms with Crippen molar-refractivity contribution >= 4 is 52.5 Å². The molecule has 0 radical (unpaired) electrons. The number of allylic oxidation sites excluding steroid dienone is 2. The molecule has 0 aromatic heterocycles. The second-order valence-electron chi connectivity index (χ2n) is 10.3. The Morgan fingerprint density at radius 1 is 0.974 bits per heavy atom. The van der Waals surface area contributed by atoms with Crippen LogP contribution in [-0.2, 0) is 19.2 Å². The van der Waals surface area contributed by atoms with Crippen molar-refractivity contribution in [3.63, 3.8) is 0 Å². The number of phenolic OH excluding ortho intramolecular Hbond substituents is 1. The maximum absolute atomic E-state index is 13.9. The molecule has 3 fully saturated rings. The van der Waals surface area contributed by atoms with E-state index in [1.807, 2.05) is 6.08 Å². The molecule has 0 bridgehead atoms. The molecule has 2 aliphatic heterocycles. The van der Waals surface area contributed by atoms with Gasteiger partial charge < -0.3 is 9.84 Å². The van der Waals surface area contributed by atoms with Gasteiger partial charge in [0.15, 0.2) is 9.75 Å². The molecule has 1 saturated carbocycles. The Bertz CT molecular complexity index is 1440. The first-order chi connectivity index (χ1) is 18.1. The first-order valence-electron chi connectivity index (χ1n) is 12.3. The van der Waals surface area contributed by atoms with Gasteiger partial charge in [0.05, 0.1) is 24.6 Å². The summed E-state index contributed by atoms with van der Waals surface area (Å²) in [6, 6.07) is 13.2. The summed E-state index contributed by atoms with van der Waals surface area (Å²) in [7, 11) is 2.79. The van der Waals surface area contributed by atoms with Gasteiger partial charge in [0.2, 0.25) is 11.8 Å². The summed E-state index contributed by atoms with van der Waals surface area (Å²) < 4.78 is 5.36. The lowest BCUT2D eigenvalue weighted by Gasteiger charge is -2.50. The Hall–Kier alpha value is -3.36. The monoisotopic (exact) mass is 554 g/mol. The Morgan fingerprint density at radius 3 is 2.37 bits per heavy atom. The van der Waals surface area contributed by atoms with Crippen LogP contribution in [-0.4, -0.2) is 57.5 Å². The zero-order valence-electron chi connectivity index (χ0n) is 20.6. The predicted octanol–water partition coefficient (Wildman–Crippen LogP) is 3.59. The molecule has 2 saturated heterocycles. The Balaban J connectivity index is 1.55. The molecule has 4 aliphatic rings. The zero-order valence-corrected chi connectivity index (χ0v) is 22.1. The molecule has 10 heteroatoms. The Morgan fingerprint density at radius 2 is 1.68 bits per heavy atom. The number of carbonyl (C=O) groups excluding carboxylic acids is 4. The maximum Gasteiger partial charge on any atom is 0.253 e. The molecule has 2 heterocycles. The number of imide groups is 2. The van der Waals surface area contributed by atoms with Crippen molar-refractivity contribution < 1.29 is 29.0 Å².